The quantitative estimate of drug-likeness (QED) is 0.451. The third-order valence-corrected chi connectivity index (χ3v) is 5.16. The van der Waals surface area contributed by atoms with E-state index < -0.39 is 0 Å². The molecule has 0 unspecified atom stereocenters. The van der Waals surface area contributed by atoms with Crippen LogP contribution in [0.2, 0.25) is 0 Å². The molecular formula is C22H21N3O3S. The Morgan fingerprint density at radius 2 is 1.83 bits per heavy atom. The topological polar surface area (TPSA) is 76.2 Å². The van der Waals surface area contributed by atoms with Crippen LogP contribution in [0, 0.1) is 6.92 Å². The van der Waals surface area contributed by atoms with E-state index >= 15 is 0 Å². The summed E-state index contributed by atoms with van der Waals surface area (Å²) in [4.78, 5) is 20.2. The zero-order chi connectivity index (χ0) is 20.2. The van der Waals surface area contributed by atoms with Gasteiger partial charge >= 0.3 is 0 Å². The van der Waals surface area contributed by atoms with Gasteiger partial charge in [0.05, 0.1) is 12.3 Å². The van der Waals surface area contributed by atoms with E-state index in [-0.39, 0.29) is 12.5 Å². The second kappa shape index (κ2) is 8.36. The molecule has 0 aliphatic heterocycles. The number of nitrogens with zero attached hydrogens (tertiary/aromatic N) is 1. The average molecular weight is 407 g/mol. The number of aromatic amines is 1. The average Bonchev–Trinajstić information content (AvgIpc) is 3.30. The van der Waals surface area contributed by atoms with Crippen molar-refractivity contribution < 1.29 is 14.3 Å². The van der Waals surface area contributed by atoms with Crippen molar-refractivity contribution in [1.29, 1.82) is 0 Å². The number of ether oxygens (including phenoxy) is 2. The molecule has 0 radical (unpaired) electrons. The number of thiazole rings is 1. The molecule has 0 saturated carbocycles. The van der Waals surface area contributed by atoms with Crippen molar-refractivity contribution in [3.8, 4) is 22.8 Å². The minimum atomic E-state index is -0.254. The first-order valence-electron chi connectivity index (χ1n) is 9.32. The number of amides is 1. The molecule has 2 N–H and O–H groups in total. The van der Waals surface area contributed by atoms with E-state index in [2.05, 4.69) is 21.4 Å². The SMILES string of the molecule is CCOc1ccc(OCC(=O)Nc2nc(-c3c(C)[nH]c4ccccc34)cs2)cc1. The number of hydrogen-bond donors (Lipinski definition) is 2. The Hall–Kier alpha value is -3.32. The lowest BCUT2D eigenvalue weighted by atomic mass is 10.1. The van der Waals surface area contributed by atoms with Crippen molar-refractivity contribution in [3.05, 3.63) is 59.6 Å². The first-order chi connectivity index (χ1) is 14.1. The normalized spacial score (nSPS) is 10.8. The van der Waals surface area contributed by atoms with Crippen molar-refractivity contribution in [2.24, 2.45) is 0 Å². The van der Waals surface area contributed by atoms with Gasteiger partial charge in [-0.1, -0.05) is 18.2 Å². The molecule has 0 aliphatic rings. The standard InChI is InChI=1S/C22H21N3O3S/c1-3-27-15-8-10-16(11-9-15)28-12-20(26)25-22-24-19(13-29-22)21-14(2)23-18-7-5-4-6-17(18)21/h4-11,13,23H,3,12H2,1-2H3,(H,24,25,26). The molecule has 2 aromatic carbocycles. The van der Waals surface area contributed by atoms with Crippen LogP contribution in [0.4, 0.5) is 5.13 Å². The number of aromatic nitrogens is 2. The fourth-order valence-corrected chi connectivity index (χ4v) is 3.87. The van der Waals surface area contributed by atoms with Crippen LogP contribution in [-0.4, -0.2) is 29.1 Å². The third-order valence-electron chi connectivity index (χ3n) is 4.40. The summed E-state index contributed by atoms with van der Waals surface area (Å²) in [6.45, 7) is 4.47. The van der Waals surface area contributed by atoms with E-state index in [9.17, 15) is 4.79 Å². The highest BCUT2D eigenvalue weighted by Gasteiger charge is 2.14. The maximum atomic E-state index is 12.2. The van der Waals surface area contributed by atoms with Crippen LogP contribution >= 0.6 is 11.3 Å². The highest BCUT2D eigenvalue weighted by atomic mass is 32.1. The Bertz CT molecular complexity index is 1130. The molecule has 0 fully saturated rings. The van der Waals surface area contributed by atoms with Gasteiger partial charge in [-0.25, -0.2) is 4.98 Å². The van der Waals surface area contributed by atoms with E-state index in [1.54, 1.807) is 12.1 Å². The summed E-state index contributed by atoms with van der Waals surface area (Å²) in [7, 11) is 0. The maximum Gasteiger partial charge on any atom is 0.264 e. The van der Waals surface area contributed by atoms with Crippen LogP contribution in [0.5, 0.6) is 11.5 Å². The van der Waals surface area contributed by atoms with Crippen LogP contribution in [-0.2, 0) is 4.79 Å². The number of benzene rings is 2. The van der Waals surface area contributed by atoms with Gasteiger partial charge in [0.25, 0.3) is 5.91 Å². The molecular weight excluding hydrogens is 386 g/mol. The summed E-state index contributed by atoms with van der Waals surface area (Å²) in [5, 5.41) is 6.42. The Morgan fingerprint density at radius 1 is 1.10 bits per heavy atom. The molecule has 0 atom stereocenters. The number of carbonyl (C=O) groups is 1. The number of rotatable bonds is 7. The van der Waals surface area contributed by atoms with Gasteiger partial charge in [-0.05, 0) is 44.2 Å². The molecule has 0 aliphatic carbocycles. The molecule has 4 aromatic rings. The van der Waals surface area contributed by atoms with Crippen molar-refractivity contribution in [2.75, 3.05) is 18.5 Å². The van der Waals surface area contributed by atoms with E-state index in [0.717, 1.165) is 33.6 Å². The van der Waals surface area contributed by atoms with Gasteiger partial charge in [0, 0.05) is 27.5 Å². The van der Waals surface area contributed by atoms with E-state index in [1.165, 1.54) is 11.3 Å². The lowest BCUT2D eigenvalue weighted by Crippen LogP contribution is -2.20. The highest BCUT2D eigenvalue weighted by Crippen LogP contribution is 2.33. The Kier molecular flexibility index (Phi) is 5.48. The van der Waals surface area contributed by atoms with Gasteiger partial charge in [-0.2, -0.15) is 0 Å². The number of nitrogens with one attached hydrogen (secondary N) is 2. The molecule has 4 rings (SSSR count). The number of fused-ring (bicyclic) bond motifs is 1. The largest absolute Gasteiger partial charge is 0.494 e. The van der Waals surface area contributed by atoms with Gasteiger partial charge in [-0.15, -0.1) is 11.3 Å². The number of para-hydroxylation sites is 1. The minimum Gasteiger partial charge on any atom is -0.494 e. The van der Waals surface area contributed by atoms with Crippen molar-refractivity contribution >= 4 is 33.3 Å². The lowest BCUT2D eigenvalue weighted by molar-refractivity contribution is -0.118. The molecule has 6 nitrogen and oxygen atoms in total. The summed E-state index contributed by atoms with van der Waals surface area (Å²) < 4.78 is 10.9. The van der Waals surface area contributed by atoms with Crippen LogP contribution in [0.1, 0.15) is 12.6 Å². The van der Waals surface area contributed by atoms with E-state index in [1.807, 2.05) is 49.6 Å². The fraction of sp³-hybridized carbons (Fsp3) is 0.182. The molecule has 0 saturated heterocycles. The molecule has 1 amide bonds. The molecule has 2 heterocycles. The zero-order valence-electron chi connectivity index (χ0n) is 16.2. The van der Waals surface area contributed by atoms with Crippen LogP contribution in [0.3, 0.4) is 0 Å². The number of aryl methyl sites for hydroxylation is 1. The summed E-state index contributed by atoms with van der Waals surface area (Å²) in [5.74, 6) is 1.13. The summed E-state index contributed by atoms with van der Waals surface area (Å²) >= 11 is 1.39. The summed E-state index contributed by atoms with van der Waals surface area (Å²) in [5.41, 5.74) is 4.02. The molecule has 7 heteroatoms. The maximum absolute atomic E-state index is 12.2. The highest BCUT2D eigenvalue weighted by molar-refractivity contribution is 7.14. The fourth-order valence-electron chi connectivity index (χ4n) is 3.16. The van der Waals surface area contributed by atoms with Crippen LogP contribution < -0.4 is 14.8 Å². The predicted molar refractivity (Wildman–Crippen MR) is 116 cm³/mol. The van der Waals surface area contributed by atoms with Gasteiger partial charge in [-0.3, -0.25) is 10.1 Å². The molecule has 0 bridgehead atoms. The molecule has 2 aromatic heterocycles. The van der Waals surface area contributed by atoms with Gasteiger partial charge < -0.3 is 14.5 Å². The second-order valence-corrected chi connectivity index (χ2v) is 7.31. The Morgan fingerprint density at radius 3 is 2.59 bits per heavy atom. The number of hydrogen-bond acceptors (Lipinski definition) is 5. The van der Waals surface area contributed by atoms with Crippen molar-refractivity contribution in [2.45, 2.75) is 13.8 Å². The molecule has 148 valence electrons. The van der Waals surface area contributed by atoms with Gasteiger partial charge in [0.15, 0.2) is 11.7 Å². The van der Waals surface area contributed by atoms with Gasteiger partial charge in [0.1, 0.15) is 11.5 Å². The lowest BCUT2D eigenvalue weighted by Gasteiger charge is -2.07. The number of H-pyrrole nitrogens is 1. The summed E-state index contributed by atoms with van der Waals surface area (Å²) in [6, 6.07) is 15.3. The van der Waals surface area contributed by atoms with Crippen molar-refractivity contribution in [1.82, 2.24) is 9.97 Å². The first kappa shape index (κ1) is 19.0. The monoisotopic (exact) mass is 407 g/mol. The Labute approximate surface area is 172 Å². The smallest absolute Gasteiger partial charge is 0.264 e. The second-order valence-electron chi connectivity index (χ2n) is 6.45. The van der Waals surface area contributed by atoms with E-state index in [0.29, 0.717) is 17.5 Å². The first-order valence-corrected chi connectivity index (χ1v) is 10.2. The van der Waals surface area contributed by atoms with Crippen molar-refractivity contribution in [3.63, 3.8) is 0 Å². The van der Waals surface area contributed by atoms with Crippen LogP contribution in [0.25, 0.3) is 22.2 Å². The minimum absolute atomic E-state index is 0.0883. The number of carbonyl (C=O) groups excluding carboxylic acids is 1. The third kappa shape index (κ3) is 4.25. The predicted octanol–water partition coefficient (Wildman–Crippen LogP) is 5.02. The van der Waals surface area contributed by atoms with Gasteiger partial charge in [0.2, 0.25) is 0 Å². The number of anilines is 1. The molecule has 29 heavy (non-hydrogen) atoms. The van der Waals surface area contributed by atoms with E-state index in [4.69, 9.17) is 9.47 Å². The Balaban J connectivity index is 1.40. The molecule has 0 spiro atoms. The zero-order valence-corrected chi connectivity index (χ0v) is 17.0. The summed E-state index contributed by atoms with van der Waals surface area (Å²) in [6.07, 6.45) is 0. The van der Waals surface area contributed by atoms with Crippen LogP contribution in [0.15, 0.2) is 53.9 Å².